The zero-order valence-corrected chi connectivity index (χ0v) is 16.3. The standard InChI is InChI=1S/C26H24N2/c1-21-17-19-22(20-18-21)27(2)25-15-9-10-16-26(25)28(23-11-5-3-6-12-23)24-13-7-4-8-14-24/h3-20H,1-2H3. The molecule has 0 radical (unpaired) electrons. The summed E-state index contributed by atoms with van der Waals surface area (Å²) in [6, 6.07) is 38.2. The number of anilines is 5. The maximum Gasteiger partial charge on any atom is 0.0698 e. The van der Waals surface area contributed by atoms with Crippen LogP contribution in [0.15, 0.2) is 109 Å². The Morgan fingerprint density at radius 3 is 1.46 bits per heavy atom. The van der Waals surface area contributed by atoms with Crippen molar-refractivity contribution < 1.29 is 0 Å². The van der Waals surface area contributed by atoms with Crippen molar-refractivity contribution in [3.8, 4) is 0 Å². The number of aryl methyl sites for hydroxylation is 1. The molecule has 4 aromatic carbocycles. The van der Waals surface area contributed by atoms with Crippen LogP contribution in [-0.4, -0.2) is 7.05 Å². The lowest BCUT2D eigenvalue weighted by molar-refractivity contribution is 1.18. The van der Waals surface area contributed by atoms with Crippen LogP contribution in [0.2, 0.25) is 0 Å². The van der Waals surface area contributed by atoms with Gasteiger partial charge in [-0.05, 0) is 55.5 Å². The molecule has 4 aromatic rings. The highest BCUT2D eigenvalue weighted by atomic mass is 15.2. The molecule has 0 spiro atoms. The summed E-state index contributed by atoms with van der Waals surface area (Å²) in [5, 5.41) is 0. The molecule has 0 N–H and O–H groups in total. The average molecular weight is 364 g/mol. The maximum absolute atomic E-state index is 2.31. The summed E-state index contributed by atoms with van der Waals surface area (Å²) >= 11 is 0. The molecule has 28 heavy (non-hydrogen) atoms. The number of hydrogen-bond acceptors (Lipinski definition) is 2. The van der Waals surface area contributed by atoms with Gasteiger partial charge in [-0.2, -0.15) is 0 Å². The minimum atomic E-state index is 1.14. The second-order valence-electron chi connectivity index (χ2n) is 6.89. The summed E-state index contributed by atoms with van der Waals surface area (Å²) < 4.78 is 0. The SMILES string of the molecule is Cc1ccc(N(C)c2ccccc2N(c2ccccc2)c2ccccc2)cc1. The molecule has 0 bridgehead atoms. The smallest absolute Gasteiger partial charge is 0.0698 e. The van der Waals surface area contributed by atoms with Gasteiger partial charge in [0.1, 0.15) is 0 Å². The van der Waals surface area contributed by atoms with Crippen LogP contribution in [0.3, 0.4) is 0 Å². The normalized spacial score (nSPS) is 10.5. The molecule has 0 heterocycles. The fourth-order valence-corrected chi connectivity index (χ4v) is 3.43. The fourth-order valence-electron chi connectivity index (χ4n) is 3.43. The largest absolute Gasteiger partial charge is 0.343 e. The van der Waals surface area contributed by atoms with Crippen LogP contribution in [-0.2, 0) is 0 Å². The topological polar surface area (TPSA) is 6.48 Å². The third kappa shape index (κ3) is 3.63. The maximum atomic E-state index is 2.31. The first-order valence-corrected chi connectivity index (χ1v) is 9.54. The number of nitrogens with zero attached hydrogens (tertiary/aromatic N) is 2. The summed E-state index contributed by atoms with van der Waals surface area (Å²) in [4.78, 5) is 4.55. The second-order valence-corrected chi connectivity index (χ2v) is 6.89. The Kier molecular flexibility index (Phi) is 5.11. The molecule has 0 unspecified atom stereocenters. The monoisotopic (exact) mass is 364 g/mol. The first-order chi connectivity index (χ1) is 13.7. The third-order valence-corrected chi connectivity index (χ3v) is 4.93. The Bertz CT molecular complexity index is 985. The summed E-state index contributed by atoms with van der Waals surface area (Å²) in [5.41, 5.74) is 7.00. The molecule has 4 rings (SSSR count). The zero-order valence-electron chi connectivity index (χ0n) is 16.3. The van der Waals surface area contributed by atoms with E-state index in [2.05, 4.69) is 133 Å². The predicted molar refractivity (Wildman–Crippen MR) is 120 cm³/mol. The first-order valence-electron chi connectivity index (χ1n) is 9.54. The van der Waals surface area contributed by atoms with Crippen LogP contribution in [0, 0.1) is 6.92 Å². The van der Waals surface area contributed by atoms with E-state index < -0.39 is 0 Å². The van der Waals surface area contributed by atoms with Crippen LogP contribution in [0.4, 0.5) is 28.4 Å². The van der Waals surface area contributed by atoms with E-state index in [1.807, 2.05) is 0 Å². The summed E-state index contributed by atoms with van der Waals surface area (Å²) in [7, 11) is 2.12. The summed E-state index contributed by atoms with van der Waals surface area (Å²) in [6.07, 6.45) is 0. The van der Waals surface area contributed by atoms with Gasteiger partial charge in [-0.3, -0.25) is 0 Å². The first kappa shape index (κ1) is 17.9. The average Bonchev–Trinajstić information content (AvgIpc) is 2.76. The van der Waals surface area contributed by atoms with E-state index in [1.54, 1.807) is 0 Å². The van der Waals surface area contributed by atoms with Crippen molar-refractivity contribution in [1.82, 2.24) is 0 Å². The number of benzene rings is 4. The van der Waals surface area contributed by atoms with Crippen molar-refractivity contribution in [1.29, 1.82) is 0 Å². The Morgan fingerprint density at radius 1 is 0.464 bits per heavy atom. The molecular formula is C26H24N2. The van der Waals surface area contributed by atoms with Gasteiger partial charge in [0.15, 0.2) is 0 Å². The molecule has 0 saturated carbocycles. The minimum Gasteiger partial charge on any atom is -0.343 e. The van der Waals surface area contributed by atoms with Crippen molar-refractivity contribution in [2.75, 3.05) is 16.8 Å². The molecule has 138 valence electrons. The van der Waals surface area contributed by atoms with Gasteiger partial charge in [0, 0.05) is 24.1 Å². The van der Waals surface area contributed by atoms with Crippen LogP contribution in [0.1, 0.15) is 5.56 Å². The van der Waals surface area contributed by atoms with E-state index in [9.17, 15) is 0 Å². The van der Waals surface area contributed by atoms with Crippen LogP contribution in [0.5, 0.6) is 0 Å². The van der Waals surface area contributed by atoms with Gasteiger partial charge in [-0.1, -0.05) is 66.2 Å². The van der Waals surface area contributed by atoms with E-state index in [4.69, 9.17) is 0 Å². The summed E-state index contributed by atoms with van der Waals surface area (Å²) in [6.45, 7) is 2.12. The quantitative estimate of drug-likeness (QED) is 0.368. The third-order valence-electron chi connectivity index (χ3n) is 4.93. The fraction of sp³-hybridized carbons (Fsp3) is 0.0769. The highest BCUT2D eigenvalue weighted by Crippen LogP contribution is 2.41. The number of hydrogen-bond donors (Lipinski definition) is 0. The zero-order chi connectivity index (χ0) is 19.3. The molecule has 0 atom stereocenters. The molecule has 2 nitrogen and oxygen atoms in total. The van der Waals surface area contributed by atoms with E-state index in [-0.39, 0.29) is 0 Å². The van der Waals surface area contributed by atoms with E-state index >= 15 is 0 Å². The van der Waals surface area contributed by atoms with Gasteiger partial charge in [0.25, 0.3) is 0 Å². The predicted octanol–water partition coefficient (Wildman–Crippen LogP) is 7.23. The Labute approximate surface area is 167 Å². The highest BCUT2D eigenvalue weighted by Gasteiger charge is 2.18. The Morgan fingerprint density at radius 2 is 0.929 bits per heavy atom. The van der Waals surface area contributed by atoms with Crippen molar-refractivity contribution in [3.63, 3.8) is 0 Å². The molecule has 0 fully saturated rings. The molecular weight excluding hydrogens is 340 g/mol. The van der Waals surface area contributed by atoms with Crippen LogP contribution < -0.4 is 9.80 Å². The molecule has 0 aliphatic carbocycles. The second kappa shape index (κ2) is 8.01. The number of rotatable bonds is 5. The molecule has 0 amide bonds. The van der Waals surface area contributed by atoms with Crippen molar-refractivity contribution in [2.24, 2.45) is 0 Å². The summed E-state index contributed by atoms with van der Waals surface area (Å²) in [5.74, 6) is 0. The molecule has 0 saturated heterocycles. The van der Waals surface area contributed by atoms with Crippen molar-refractivity contribution in [3.05, 3.63) is 115 Å². The molecule has 0 aliphatic rings. The molecule has 0 aromatic heterocycles. The lowest BCUT2D eigenvalue weighted by Gasteiger charge is -2.31. The van der Waals surface area contributed by atoms with Gasteiger partial charge >= 0.3 is 0 Å². The van der Waals surface area contributed by atoms with E-state index in [0.717, 1.165) is 22.7 Å². The molecule has 2 heteroatoms. The van der Waals surface area contributed by atoms with Crippen molar-refractivity contribution >= 4 is 28.4 Å². The van der Waals surface area contributed by atoms with Gasteiger partial charge in [0.2, 0.25) is 0 Å². The van der Waals surface area contributed by atoms with Crippen molar-refractivity contribution in [2.45, 2.75) is 6.92 Å². The molecule has 0 aliphatic heterocycles. The van der Waals surface area contributed by atoms with E-state index in [1.165, 1.54) is 11.3 Å². The Hall–Kier alpha value is -3.52. The highest BCUT2D eigenvalue weighted by molar-refractivity contribution is 5.87. The minimum absolute atomic E-state index is 1.14. The lowest BCUT2D eigenvalue weighted by atomic mass is 10.1. The van der Waals surface area contributed by atoms with Gasteiger partial charge in [-0.25, -0.2) is 0 Å². The lowest BCUT2D eigenvalue weighted by Crippen LogP contribution is -2.16. The van der Waals surface area contributed by atoms with Gasteiger partial charge in [0.05, 0.1) is 11.4 Å². The van der Waals surface area contributed by atoms with Gasteiger partial charge in [-0.15, -0.1) is 0 Å². The number of para-hydroxylation sites is 4. The van der Waals surface area contributed by atoms with Crippen LogP contribution >= 0.6 is 0 Å². The van der Waals surface area contributed by atoms with Crippen LogP contribution in [0.25, 0.3) is 0 Å². The van der Waals surface area contributed by atoms with E-state index in [0.29, 0.717) is 0 Å². The van der Waals surface area contributed by atoms with Gasteiger partial charge < -0.3 is 9.80 Å². The Balaban J connectivity index is 1.85.